The number of anilines is 2. The highest BCUT2D eigenvalue weighted by atomic mass is 19.4. The van der Waals surface area contributed by atoms with E-state index in [0.29, 0.717) is 12.1 Å². The second kappa shape index (κ2) is 4.47. The van der Waals surface area contributed by atoms with E-state index in [0.717, 1.165) is 12.1 Å². The van der Waals surface area contributed by atoms with E-state index in [2.05, 4.69) is 4.84 Å². The summed E-state index contributed by atoms with van der Waals surface area (Å²) in [6, 6.07) is 2.85. The van der Waals surface area contributed by atoms with Crippen molar-refractivity contribution in [2.24, 2.45) is 0 Å². The highest BCUT2D eigenvalue weighted by Gasteiger charge is 2.34. The van der Waals surface area contributed by atoms with Crippen LogP contribution >= 0.6 is 0 Å². The van der Waals surface area contributed by atoms with Gasteiger partial charge in [-0.1, -0.05) is 18.7 Å². The molecule has 0 unspecified atom stereocenters. The fourth-order valence-electron chi connectivity index (χ4n) is 0.826. The summed E-state index contributed by atoms with van der Waals surface area (Å²) in [5.41, 5.74) is -1.26. The normalized spacial score (nSPS) is 11.4. The van der Waals surface area contributed by atoms with Gasteiger partial charge in [0.05, 0.1) is 0 Å². The van der Waals surface area contributed by atoms with Crippen molar-refractivity contribution in [2.45, 2.75) is 6.36 Å². The molecule has 1 rings (SSSR count). The molecule has 3 nitrogen and oxygen atoms in total. The van der Waals surface area contributed by atoms with Gasteiger partial charge in [0.25, 0.3) is 0 Å². The molecule has 1 aromatic carbocycles. The first-order chi connectivity index (χ1) is 7.29. The van der Waals surface area contributed by atoms with Crippen LogP contribution in [0.2, 0.25) is 0 Å². The Morgan fingerprint density at radius 2 is 1.31 bits per heavy atom. The summed E-state index contributed by atoms with van der Waals surface area (Å²) >= 11 is 0. The first-order valence-corrected chi connectivity index (χ1v) is 3.73. The van der Waals surface area contributed by atoms with Crippen molar-refractivity contribution in [1.29, 1.82) is 0 Å². The average Bonchev–Trinajstić information content (AvgIpc) is 2.15. The standard InChI is InChI=1S/C7H4F6N2O/c8-7(9,10)16-15(13)6-3-1-5(2-4-6)14(11)12/h1-4H. The van der Waals surface area contributed by atoms with Crippen LogP contribution in [-0.2, 0) is 4.84 Å². The summed E-state index contributed by atoms with van der Waals surface area (Å²) in [5.74, 6) is 0. The molecule has 9 heteroatoms. The molecule has 90 valence electrons. The van der Waals surface area contributed by atoms with E-state index in [1.54, 1.807) is 0 Å². The molecule has 16 heavy (non-hydrogen) atoms. The van der Waals surface area contributed by atoms with E-state index in [1.165, 1.54) is 0 Å². The molecule has 0 aliphatic carbocycles. The summed E-state index contributed by atoms with van der Waals surface area (Å²) in [5, 5.41) is -2.33. The van der Waals surface area contributed by atoms with Crippen molar-refractivity contribution in [3.63, 3.8) is 0 Å². The zero-order chi connectivity index (χ0) is 12.3. The van der Waals surface area contributed by atoms with E-state index in [-0.39, 0.29) is 0 Å². The fourth-order valence-corrected chi connectivity index (χ4v) is 0.826. The largest absolute Gasteiger partial charge is 0.546 e. The van der Waals surface area contributed by atoms with Crippen LogP contribution in [0, 0.1) is 0 Å². The molecule has 0 atom stereocenters. The van der Waals surface area contributed by atoms with E-state index < -0.39 is 28.4 Å². The van der Waals surface area contributed by atoms with Gasteiger partial charge in [-0.05, 0) is 29.6 Å². The molecule has 0 aliphatic rings. The molecule has 0 radical (unpaired) electrons. The van der Waals surface area contributed by atoms with E-state index in [4.69, 9.17) is 0 Å². The Kier molecular flexibility index (Phi) is 3.48. The lowest BCUT2D eigenvalue weighted by molar-refractivity contribution is -0.345. The van der Waals surface area contributed by atoms with Gasteiger partial charge in [-0.15, -0.1) is 18.0 Å². The number of halogens is 6. The Hall–Kier alpha value is -1.64. The molecule has 0 saturated carbocycles. The van der Waals surface area contributed by atoms with Crippen LogP contribution in [0.25, 0.3) is 0 Å². The van der Waals surface area contributed by atoms with Crippen LogP contribution < -0.4 is 10.6 Å². The maximum Gasteiger partial charge on any atom is 0.546 e. The van der Waals surface area contributed by atoms with Gasteiger partial charge in [-0.25, -0.2) is 0 Å². The van der Waals surface area contributed by atoms with E-state index in [9.17, 15) is 26.6 Å². The zero-order valence-corrected chi connectivity index (χ0v) is 7.38. The van der Waals surface area contributed by atoms with Crippen LogP contribution in [-0.4, -0.2) is 6.36 Å². The lowest BCUT2D eigenvalue weighted by Gasteiger charge is -2.14. The predicted octanol–water partition coefficient (Wildman–Crippen LogP) is 3.40. The molecule has 0 fully saturated rings. The Morgan fingerprint density at radius 3 is 1.69 bits per heavy atom. The van der Waals surface area contributed by atoms with Crippen molar-refractivity contribution in [1.82, 2.24) is 0 Å². The molecule has 1 aromatic rings. The van der Waals surface area contributed by atoms with Crippen molar-refractivity contribution in [2.75, 3.05) is 10.6 Å². The first kappa shape index (κ1) is 12.4. The van der Waals surface area contributed by atoms with Crippen LogP contribution in [0.4, 0.5) is 38.0 Å². The van der Waals surface area contributed by atoms with Gasteiger partial charge in [-0.2, -0.15) is 0 Å². The minimum atomic E-state index is -5.19. The van der Waals surface area contributed by atoms with Gasteiger partial charge < -0.3 is 0 Å². The Bertz CT molecular complexity index is 338. The maximum atomic E-state index is 12.7. The highest BCUT2D eigenvalue weighted by molar-refractivity contribution is 5.52. The van der Waals surface area contributed by atoms with Crippen molar-refractivity contribution < 1.29 is 31.5 Å². The molecule has 0 N–H and O–H groups in total. The third-order valence-corrected chi connectivity index (χ3v) is 1.43. The minimum Gasteiger partial charge on any atom is -0.142 e. The van der Waals surface area contributed by atoms with E-state index >= 15 is 0 Å². The SMILES string of the molecule is FN(F)c1ccc(N(F)OC(F)(F)F)cc1. The number of benzene rings is 1. The quantitative estimate of drug-likeness (QED) is 0.461. The van der Waals surface area contributed by atoms with Crippen molar-refractivity contribution in [3.8, 4) is 0 Å². The fraction of sp³-hybridized carbons (Fsp3) is 0.143. The molecule has 0 bridgehead atoms. The lowest BCUT2D eigenvalue weighted by atomic mass is 10.3. The second-order valence-electron chi connectivity index (χ2n) is 2.53. The number of nitrogens with zero attached hydrogens (tertiary/aromatic N) is 2. The maximum absolute atomic E-state index is 12.7. The van der Waals surface area contributed by atoms with Crippen molar-refractivity contribution >= 4 is 11.4 Å². The van der Waals surface area contributed by atoms with Crippen molar-refractivity contribution in [3.05, 3.63) is 24.3 Å². The van der Waals surface area contributed by atoms with Gasteiger partial charge in [-0.3, -0.25) is 0 Å². The number of hydrogen-bond donors (Lipinski definition) is 0. The number of hydrogen-bond acceptors (Lipinski definition) is 3. The third kappa shape index (κ3) is 3.50. The third-order valence-electron chi connectivity index (χ3n) is 1.43. The summed E-state index contributed by atoms with van der Waals surface area (Å²) in [4.78, 5) is 2.89. The van der Waals surface area contributed by atoms with Crippen LogP contribution in [0.5, 0.6) is 0 Å². The first-order valence-electron chi connectivity index (χ1n) is 3.73. The zero-order valence-electron chi connectivity index (χ0n) is 7.38. The summed E-state index contributed by atoms with van der Waals surface area (Å²) in [7, 11) is 0. The molecule has 0 saturated heterocycles. The molecule has 0 aromatic heterocycles. The van der Waals surface area contributed by atoms with Gasteiger partial charge in [0.15, 0.2) is 0 Å². The van der Waals surface area contributed by atoms with Crippen LogP contribution in [0.1, 0.15) is 0 Å². The molecular weight excluding hydrogens is 242 g/mol. The number of alkyl halides is 3. The van der Waals surface area contributed by atoms with Gasteiger partial charge in [0.2, 0.25) is 0 Å². The lowest BCUT2D eigenvalue weighted by Crippen LogP contribution is -2.24. The average molecular weight is 246 g/mol. The molecule has 0 spiro atoms. The van der Waals surface area contributed by atoms with Gasteiger partial charge in [0.1, 0.15) is 11.4 Å². The van der Waals surface area contributed by atoms with Crippen LogP contribution in [0.15, 0.2) is 24.3 Å². The second-order valence-corrected chi connectivity index (χ2v) is 2.53. The minimum absolute atomic E-state index is 0.593. The summed E-state index contributed by atoms with van der Waals surface area (Å²) in [6.07, 6.45) is -5.19. The molecule has 0 heterocycles. The predicted molar refractivity (Wildman–Crippen MR) is 41.9 cm³/mol. The highest BCUT2D eigenvalue weighted by Crippen LogP contribution is 2.26. The summed E-state index contributed by atoms with van der Waals surface area (Å²) < 4.78 is 71.1. The number of rotatable bonds is 3. The van der Waals surface area contributed by atoms with Gasteiger partial charge in [0, 0.05) is 0 Å². The Labute approximate surface area is 85.2 Å². The van der Waals surface area contributed by atoms with Gasteiger partial charge >= 0.3 is 6.36 Å². The van der Waals surface area contributed by atoms with Crippen LogP contribution in [0.3, 0.4) is 0 Å². The summed E-state index contributed by atoms with van der Waals surface area (Å²) in [6.45, 7) is 0. The Morgan fingerprint density at radius 1 is 0.875 bits per heavy atom. The molecular formula is C7H4F6N2O. The topological polar surface area (TPSA) is 15.7 Å². The molecule has 0 amide bonds. The van der Waals surface area contributed by atoms with E-state index in [1.807, 2.05) is 0 Å². The monoisotopic (exact) mass is 246 g/mol. The smallest absolute Gasteiger partial charge is 0.142 e. The molecule has 0 aliphatic heterocycles. The Balaban J connectivity index is 2.74.